The van der Waals surface area contributed by atoms with Crippen LogP contribution in [-0.4, -0.2) is 19.7 Å². The maximum absolute atomic E-state index is 13.0. The van der Waals surface area contributed by atoms with E-state index in [0.29, 0.717) is 12.8 Å². The van der Waals surface area contributed by atoms with Gasteiger partial charge in [-0.3, -0.25) is 0 Å². The summed E-state index contributed by atoms with van der Waals surface area (Å²) < 4.78 is 76.2. The van der Waals surface area contributed by atoms with E-state index in [1.807, 2.05) is 45.2 Å². The Labute approximate surface area is 168 Å². The van der Waals surface area contributed by atoms with Crippen molar-refractivity contribution in [3.8, 4) is 0 Å². The van der Waals surface area contributed by atoms with Crippen molar-refractivity contribution in [1.29, 1.82) is 0 Å². The molecule has 0 aliphatic carbocycles. The lowest BCUT2D eigenvalue weighted by Gasteiger charge is -2.40. The number of hydrogen-bond donors (Lipinski definition) is 0. The van der Waals surface area contributed by atoms with E-state index in [4.69, 9.17) is 0 Å². The van der Waals surface area contributed by atoms with Gasteiger partial charge in [0, 0.05) is 7.35 Å². The van der Waals surface area contributed by atoms with Gasteiger partial charge in [-0.25, -0.2) is 0 Å². The van der Waals surface area contributed by atoms with Crippen LogP contribution in [0.15, 0.2) is 0 Å². The molecule has 5 atom stereocenters. The van der Waals surface area contributed by atoms with Gasteiger partial charge in [0.05, 0.1) is 11.8 Å². The van der Waals surface area contributed by atoms with Crippen LogP contribution in [0, 0.1) is 23.2 Å². The van der Waals surface area contributed by atoms with E-state index in [1.165, 1.54) is 6.92 Å². The van der Waals surface area contributed by atoms with Crippen LogP contribution in [0.4, 0.5) is 26.3 Å². The van der Waals surface area contributed by atoms with E-state index < -0.39 is 36.9 Å². The Morgan fingerprint density at radius 1 is 0.833 bits per heavy atom. The molecule has 0 aromatic rings. The van der Waals surface area contributed by atoms with Gasteiger partial charge in [-0.2, -0.15) is 26.3 Å². The summed E-state index contributed by atoms with van der Waals surface area (Å²) in [6.45, 7) is 9.17. The minimum absolute atomic E-state index is 0.265. The van der Waals surface area contributed by atoms with Crippen molar-refractivity contribution in [2.45, 2.75) is 74.1 Å². The molecule has 0 bridgehead atoms. The Morgan fingerprint density at radius 2 is 1.25 bits per heavy atom. The summed E-state index contributed by atoms with van der Waals surface area (Å²) in [6, 6.07) is 0. The van der Waals surface area contributed by atoms with Gasteiger partial charge in [-0.15, -0.1) is 0 Å². The first-order valence-corrected chi connectivity index (χ1v) is 10.1. The predicted octanol–water partition coefficient (Wildman–Crippen LogP) is 7.82. The monoisotopic (exact) mass is 586 g/mol. The Morgan fingerprint density at radius 3 is 1.58 bits per heavy atom. The highest BCUT2D eigenvalue weighted by molar-refractivity contribution is 14.1. The summed E-state index contributed by atoms with van der Waals surface area (Å²) in [7, 11) is 0. The van der Waals surface area contributed by atoms with Crippen molar-refractivity contribution in [2.75, 3.05) is 0 Å². The topological polar surface area (TPSA) is 0 Å². The van der Waals surface area contributed by atoms with Crippen LogP contribution >= 0.6 is 45.2 Å². The van der Waals surface area contributed by atoms with Gasteiger partial charge >= 0.3 is 12.4 Å². The van der Waals surface area contributed by atoms with Crippen LogP contribution in [0.25, 0.3) is 0 Å². The van der Waals surface area contributed by atoms with Crippen LogP contribution in [-0.2, 0) is 0 Å². The molecule has 0 rings (SSSR count). The van der Waals surface area contributed by atoms with Crippen LogP contribution in [0.5, 0.6) is 0 Å². The van der Waals surface area contributed by atoms with E-state index in [9.17, 15) is 26.3 Å². The van der Waals surface area contributed by atoms with Crippen molar-refractivity contribution in [2.24, 2.45) is 23.2 Å². The van der Waals surface area contributed by atoms with Crippen molar-refractivity contribution in [3.05, 3.63) is 0 Å². The first kappa shape index (κ1) is 25.0. The normalized spacial score (nSPS) is 21.8. The molecular formula is C16H26F6I2. The highest BCUT2D eigenvalue weighted by Gasteiger charge is 2.50. The lowest BCUT2D eigenvalue weighted by molar-refractivity contribution is -0.179. The number of halogens is 8. The van der Waals surface area contributed by atoms with Gasteiger partial charge in [0.1, 0.15) is 0 Å². The molecule has 0 fully saturated rings. The minimum Gasteiger partial charge on any atom is -0.171 e. The zero-order chi connectivity index (χ0) is 19.7. The number of rotatable bonds is 7. The summed E-state index contributed by atoms with van der Waals surface area (Å²) in [5, 5.41) is 0. The summed E-state index contributed by atoms with van der Waals surface area (Å²) in [5.41, 5.74) is -0.613. The first-order valence-electron chi connectivity index (χ1n) is 7.81. The Kier molecular flexibility index (Phi) is 8.74. The molecule has 0 aliphatic heterocycles. The van der Waals surface area contributed by atoms with Gasteiger partial charge in [0.2, 0.25) is 0 Å². The molecule has 0 saturated heterocycles. The van der Waals surface area contributed by atoms with E-state index >= 15 is 0 Å². The van der Waals surface area contributed by atoms with Crippen molar-refractivity contribution in [1.82, 2.24) is 0 Å². The average molecular weight is 586 g/mol. The molecule has 0 aromatic carbocycles. The predicted molar refractivity (Wildman–Crippen MR) is 103 cm³/mol. The molecule has 8 heteroatoms. The highest BCUT2D eigenvalue weighted by Crippen LogP contribution is 2.48. The molecule has 146 valence electrons. The zero-order valence-electron chi connectivity index (χ0n) is 14.7. The lowest BCUT2D eigenvalue weighted by atomic mass is 9.74. The van der Waals surface area contributed by atoms with E-state index in [1.54, 1.807) is 27.7 Å². The Bertz CT molecular complexity index is 400. The molecule has 0 saturated carbocycles. The third-order valence-electron chi connectivity index (χ3n) is 5.22. The molecule has 0 radical (unpaired) electrons. The minimum atomic E-state index is -4.28. The van der Waals surface area contributed by atoms with Gasteiger partial charge in [0.15, 0.2) is 0 Å². The zero-order valence-corrected chi connectivity index (χ0v) is 19.1. The van der Waals surface area contributed by atoms with Crippen LogP contribution in [0.2, 0.25) is 0 Å². The van der Waals surface area contributed by atoms with E-state index in [2.05, 4.69) is 0 Å². The van der Waals surface area contributed by atoms with Crippen molar-refractivity contribution < 1.29 is 26.3 Å². The molecule has 0 N–H and O–H groups in total. The second-order valence-corrected chi connectivity index (χ2v) is 11.2. The summed E-state index contributed by atoms with van der Waals surface area (Å²) in [6.07, 6.45) is -7.64. The summed E-state index contributed by atoms with van der Waals surface area (Å²) >= 11 is 3.67. The van der Waals surface area contributed by atoms with Crippen molar-refractivity contribution >= 4 is 45.2 Å². The Hall–Kier alpha value is 1.04. The molecule has 0 amide bonds. The maximum atomic E-state index is 13.0. The second kappa shape index (κ2) is 8.37. The van der Waals surface area contributed by atoms with Crippen LogP contribution in [0.1, 0.15) is 54.4 Å². The first-order chi connectivity index (χ1) is 10.3. The molecule has 0 aliphatic rings. The Balaban J connectivity index is 4.99. The molecule has 24 heavy (non-hydrogen) atoms. The third-order valence-corrected chi connectivity index (χ3v) is 9.99. The standard InChI is InChI=1S/C16H26F6I2/c1-9(14(6,24)11(3)16(20,21)22)7-8-13(4,5)12(23)10(2)15(17,18)19/h9-12H,7-8H2,1-6H3. The fraction of sp³-hybridized carbons (Fsp3) is 1.00. The van der Waals surface area contributed by atoms with E-state index in [-0.39, 0.29) is 5.92 Å². The van der Waals surface area contributed by atoms with Gasteiger partial charge in [0.25, 0.3) is 0 Å². The van der Waals surface area contributed by atoms with E-state index in [0.717, 1.165) is 6.92 Å². The van der Waals surface area contributed by atoms with Gasteiger partial charge < -0.3 is 0 Å². The van der Waals surface area contributed by atoms with Crippen LogP contribution in [0.3, 0.4) is 0 Å². The van der Waals surface area contributed by atoms with Gasteiger partial charge in [-0.05, 0) is 31.1 Å². The fourth-order valence-corrected chi connectivity index (χ4v) is 3.98. The number of hydrogen-bond acceptors (Lipinski definition) is 0. The smallest absolute Gasteiger partial charge is 0.171 e. The van der Waals surface area contributed by atoms with Crippen molar-refractivity contribution in [3.63, 3.8) is 0 Å². The largest absolute Gasteiger partial charge is 0.392 e. The maximum Gasteiger partial charge on any atom is 0.392 e. The molecule has 0 nitrogen and oxygen atoms in total. The third kappa shape index (κ3) is 6.64. The average Bonchev–Trinajstić information content (AvgIpc) is 2.39. The quantitative estimate of drug-likeness (QED) is 0.162. The van der Waals surface area contributed by atoms with Crippen LogP contribution < -0.4 is 0 Å². The molecule has 5 unspecified atom stereocenters. The SMILES string of the molecule is CC(C(I)C(C)(C)CCC(C)C(C)(I)C(C)C(F)(F)F)C(F)(F)F. The molecule has 0 heterocycles. The number of alkyl halides is 8. The fourth-order valence-electron chi connectivity index (χ4n) is 2.60. The molecule has 0 spiro atoms. The summed E-state index contributed by atoms with van der Waals surface area (Å²) in [4.78, 5) is 0. The lowest BCUT2D eigenvalue weighted by Crippen LogP contribution is -2.43. The van der Waals surface area contributed by atoms with Gasteiger partial charge in [-0.1, -0.05) is 79.8 Å². The molecule has 0 aromatic heterocycles. The molecular weight excluding hydrogens is 560 g/mol. The highest BCUT2D eigenvalue weighted by atomic mass is 127. The second-order valence-electron chi connectivity index (χ2n) is 7.57. The summed E-state index contributed by atoms with van der Waals surface area (Å²) in [5.74, 6) is -3.20.